The van der Waals surface area contributed by atoms with Crippen molar-refractivity contribution >= 4 is 23.4 Å². The van der Waals surface area contributed by atoms with Gasteiger partial charge in [-0.15, -0.1) is 0 Å². The third kappa shape index (κ3) is 1.88. The average Bonchev–Trinajstić information content (AvgIpc) is 3.15. The summed E-state index contributed by atoms with van der Waals surface area (Å²) in [6.07, 6.45) is 0.775. The molecule has 3 aliphatic heterocycles. The molecule has 1 aromatic rings. The Labute approximate surface area is 137 Å². The van der Waals surface area contributed by atoms with Crippen molar-refractivity contribution in [1.82, 2.24) is 9.80 Å². The average molecular weight is 339 g/mol. The Hall–Kier alpha value is -1.66. The van der Waals surface area contributed by atoms with Crippen molar-refractivity contribution in [2.75, 3.05) is 19.7 Å². The lowest BCUT2D eigenvalue weighted by atomic mass is 10.0. The molecule has 1 aromatic carbocycles. The molecule has 2 atom stereocenters. The Kier molecular flexibility index (Phi) is 3.19. The van der Waals surface area contributed by atoms with Gasteiger partial charge < -0.3 is 14.5 Å². The molecule has 3 aliphatic rings. The summed E-state index contributed by atoms with van der Waals surface area (Å²) < 4.78 is 20.0. The van der Waals surface area contributed by atoms with Crippen LogP contribution >= 0.6 is 11.6 Å². The maximum Gasteiger partial charge on any atom is 0.258 e. The highest BCUT2D eigenvalue weighted by atomic mass is 35.5. The molecule has 0 aliphatic carbocycles. The van der Waals surface area contributed by atoms with Gasteiger partial charge in [0.15, 0.2) is 5.72 Å². The molecular weight excluding hydrogens is 323 g/mol. The predicted molar refractivity (Wildman–Crippen MR) is 80.6 cm³/mol. The molecule has 7 heteroatoms. The van der Waals surface area contributed by atoms with Crippen LogP contribution in [0.5, 0.6) is 0 Å². The monoisotopic (exact) mass is 338 g/mol. The fourth-order valence-electron chi connectivity index (χ4n) is 4.03. The van der Waals surface area contributed by atoms with Crippen molar-refractivity contribution in [3.8, 4) is 0 Å². The van der Waals surface area contributed by atoms with Gasteiger partial charge in [-0.1, -0.05) is 17.7 Å². The number of nitrogens with zero attached hydrogens (tertiary/aromatic N) is 2. The Morgan fingerprint density at radius 3 is 3.00 bits per heavy atom. The van der Waals surface area contributed by atoms with Crippen molar-refractivity contribution in [3.63, 3.8) is 0 Å². The molecule has 3 fully saturated rings. The quantitative estimate of drug-likeness (QED) is 0.786. The van der Waals surface area contributed by atoms with E-state index in [1.54, 1.807) is 22.8 Å². The molecule has 0 unspecified atom stereocenters. The van der Waals surface area contributed by atoms with Gasteiger partial charge in [-0.2, -0.15) is 0 Å². The van der Waals surface area contributed by atoms with Gasteiger partial charge in [0, 0.05) is 19.5 Å². The van der Waals surface area contributed by atoms with E-state index in [2.05, 4.69) is 0 Å². The van der Waals surface area contributed by atoms with E-state index in [0.29, 0.717) is 31.7 Å². The molecule has 1 spiro atoms. The number of hydrogen-bond acceptors (Lipinski definition) is 3. The number of likely N-dealkylation sites (tertiary alicyclic amines) is 1. The van der Waals surface area contributed by atoms with Crippen molar-refractivity contribution in [1.29, 1.82) is 0 Å². The Morgan fingerprint density at radius 2 is 2.22 bits per heavy atom. The van der Waals surface area contributed by atoms with Gasteiger partial charge in [-0.25, -0.2) is 4.39 Å². The summed E-state index contributed by atoms with van der Waals surface area (Å²) in [5.41, 5.74) is -0.196. The van der Waals surface area contributed by atoms with Crippen LogP contribution in [0.3, 0.4) is 0 Å². The van der Waals surface area contributed by atoms with Crippen LogP contribution in [0.4, 0.5) is 4.39 Å². The minimum absolute atomic E-state index is 0.0131. The molecule has 0 radical (unpaired) electrons. The van der Waals surface area contributed by atoms with Crippen molar-refractivity contribution < 1.29 is 18.7 Å². The SMILES string of the molecule is Cc1ccc(F)c(C(=O)N2CC[C@@]34OCCN3C(=O)C[C@@H]24)c1Cl. The highest BCUT2D eigenvalue weighted by Crippen LogP contribution is 2.46. The minimum Gasteiger partial charge on any atom is -0.351 e. The summed E-state index contributed by atoms with van der Waals surface area (Å²) in [7, 11) is 0. The first-order valence-corrected chi connectivity index (χ1v) is 8.03. The molecule has 0 saturated carbocycles. The van der Waals surface area contributed by atoms with Crippen LogP contribution in [-0.4, -0.2) is 53.1 Å². The lowest BCUT2D eigenvalue weighted by Gasteiger charge is -2.31. The van der Waals surface area contributed by atoms with Crippen molar-refractivity contribution in [3.05, 3.63) is 34.1 Å². The zero-order valence-electron chi connectivity index (χ0n) is 12.6. The van der Waals surface area contributed by atoms with Crippen LogP contribution in [0.2, 0.25) is 5.02 Å². The zero-order chi connectivity index (χ0) is 16.4. The highest BCUT2D eigenvalue weighted by Gasteiger charge is 2.63. The van der Waals surface area contributed by atoms with Gasteiger partial charge in [0.1, 0.15) is 5.82 Å². The summed E-state index contributed by atoms with van der Waals surface area (Å²) in [5.74, 6) is -1.12. The number of halogens is 2. The predicted octanol–water partition coefficient (Wildman–Crippen LogP) is 1.96. The largest absolute Gasteiger partial charge is 0.351 e. The van der Waals surface area contributed by atoms with Crippen molar-refractivity contribution in [2.24, 2.45) is 0 Å². The van der Waals surface area contributed by atoms with Crippen molar-refractivity contribution in [2.45, 2.75) is 31.5 Å². The van der Waals surface area contributed by atoms with Crippen LogP contribution in [0.15, 0.2) is 12.1 Å². The first-order valence-electron chi connectivity index (χ1n) is 7.66. The van der Waals surface area contributed by atoms with E-state index in [9.17, 15) is 14.0 Å². The molecule has 122 valence electrons. The maximum atomic E-state index is 14.2. The molecule has 23 heavy (non-hydrogen) atoms. The number of amides is 2. The first kappa shape index (κ1) is 14.9. The summed E-state index contributed by atoms with van der Waals surface area (Å²) in [5, 5.41) is 0.129. The van der Waals surface area contributed by atoms with Gasteiger partial charge in [0.2, 0.25) is 5.91 Å². The van der Waals surface area contributed by atoms with E-state index in [-0.39, 0.29) is 29.0 Å². The number of hydrogen-bond donors (Lipinski definition) is 0. The molecule has 0 N–H and O–H groups in total. The highest BCUT2D eigenvalue weighted by molar-refractivity contribution is 6.34. The molecule has 2 amide bonds. The second kappa shape index (κ2) is 4.92. The van der Waals surface area contributed by atoms with E-state index in [4.69, 9.17) is 16.3 Å². The van der Waals surface area contributed by atoms with E-state index in [1.807, 2.05) is 0 Å². The second-order valence-corrected chi connectivity index (χ2v) is 6.64. The molecule has 0 bridgehead atoms. The third-order valence-corrected chi connectivity index (χ3v) is 5.65. The van der Waals surface area contributed by atoms with Gasteiger partial charge in [0.25, 0.3) is 5.91 Å². The summed E-state index contributed by atoms with van der Waals surface area (Å²) in [6, 6.07) is 2.42. The number of benzene rings is 1. The topological polar surface area (TPSA) is 49.9 Å². The standard InChI is InChI=1S/C16H16ClFN2O3/c1-9-2-3-10(18)13(14(9)17)15(22)19-5-4-16-11(19)8-12(21)20(16)6-7-23-16/h2-3,11H,4-8H2,1H3/t11-,16+/m1/s1. The molecule has 4 rings (SSSR count). The van der Waals surface area contributed by atoms with E-state index in [1.165, 1.54) is 6.07 Å². The van der Waals surface area contributed by atoms with E-state index in [0.717, 1.165) is 0 Å². The first-order chi connectivity index (χ1) is 11.0. The van der Waals surface area contributed by atoms with Crippen LogP contribution in [-0.2, 0) is 9.53 Å². The molecule has 5 nitrogen and oxygen atoms in total. The van der Waals surface area contributed by atoms with Crippen LogP contribution < -0.4 is 0 Å². The van der Waals surface area contributed by atoms with E-state index < -0.39 is 17.4 Å². The second-order valence-electron chi connectivity index (χ2n) is 6.26. The number of carbonyl (C=O) groups is 2. The smallest absolute Gasteiger partial charge is 0.258 e. The fourth-order valence-corrected chi connectivity index (χ4v) is 4.27. The molecule has 3 saturated heterocycles. The normalized spacial score (nSPS) is 29.2. The van der Waals surface area contributed by atoms with Gasteiger partial charge in [-0.05, 0) is 18.6 Å². The number of aryl methyl sites for hydroxylation is 1. The number of carbonyl (C=O) groups excluding carboxylic acids is 2. The molecular formula is C16H16ClFN2O3. The summed E-state index contributed by atoms with van der Waals surface area (Å²) in [4.78, 5) is 28.3. The van der Waals surface area contributed by atoms with Crippen LogP contribution in [0.1, 0.15) is 28.8 Å². The number of rotatable bonds is 1. The zero-order valence-corrected chi connectivity index (χ0v) is 13.4. The van der Waals surface area contributed by atoms with Gasteiger partial charge >= 0.3 is 0 Å². The lowest BCUT2D eigenvalue weighted by Crippen LogP contribution is -2.48. The Morgan fingerprint density at radius 1 is 1.43 bits per heavy atom. The Bertz CT molecular complexity index is 726. The van der Waals surface area contributed by atoms with Gasteiger partial charge in [-0.3, -0.25) is 9.59 Å². The molecule has 0 aromatic heterocycles. The molecule has 3 heterocycles. The lowest BCUT2D eigenvalue weighted by molar-refractivity contribution is -0.136. The minimum atomic E-state index is -0.723. The number of ether oxygens (including phenoxy) is 1. The van der Waals surface area contributed by atoms with Gasteiger partial charge in [0.05, 0.1) is 29.7 Å². The van der Waals surface area contributed by atoms with Crippen LogP contribution in [0, 0.1) is 12.7 Å². The van der Waals surface area contributed by atoms with E-state index >= 15 is 0 Å². The van der Waals surface area contributed by atoms with Crippen LogP contribution in [0.25, 0.3) is 0 Å². The summed E-state index contributed by atoms with van der Waals surface area (Å²) >= 11 is 6.16. The third-order valence-electron chi connectivity index (χ3n) is 5.16. The fraction of sp³-hybridized carbons (Fsp3) is 0.500. The Balaban J connectivity index is 1.72. The maximum absolute atomic E-state index is 14.2. The summed E-state index contributed by atoms with van der Waals surface area (Å²) in [6.45, 7) is 3.18.